The summed E-state index contributed by atoms with van der Waals surface area (Å²) in [4.78, 5) is 22.9. The van der Waals surface area contributed by atoms with Crippen LogP contribution >= 0.6 is 0 Å². The number of methoxy groups -OCH3 is 1. The van der Waals surface area contributed by atoms with Gasteiger partial charge >= 0.3 is 0 Å². The Bertz CT molecular complexity index is 871. The van der Waals surface area contributed by atoms with Crippen molar-refractivity contribution in [3.8, 4) is 0 Å². The molecule has 0 saturated carbocycles. The fourth-order valence-corrected chi connectivity index (χ4v) is 3.26. The Hall–Kier alpha value is -2.01. The third kappa shape index (κ3) is 4.19. The second-order valence-electron chi connectivity index (χ2n) is 8.11. The lowest BCUT2D eigenvalue weighted by molar-refractivity contribution is -0.116. The summed E-state index contributed by atoms with van der Waals surface area (Å²) < 4.78 is 25.7. The highest BCUT2D eigenvalue weighted by molar-refractivity contribution is 5.70. The lowest BCUT2D eigenvalue weighted by Crippen LogP contribution is -2.40. The SMILES string of the molecule is CO[C@H]1C(OC(C)C)[C@@H](COC(C)(C)C)O[C@H]1n1cnc2c(=O)[nH]c(N)nc21. The highest BCUT2D eigenvalue weighted by Crippen LogP contribution is 2.36. The van der Waals surface area contributed by atoms with Gasteiger partial charge in [0, 0.05) is 7.11 Å². The first kappa shape index (κ1) is 20.7. The van der Waals surface area contributed by atoms with Crippen LogP contribution in [0.2, 0.25) is 0 Å². The van der Waals surface area contributed by atoms with Crippen LogP contribution in [0.3, 0.4) is 0 Å². The molecule has 156 valence electrons. The fourth-order valence-electron chi connectivity index (χ4n) is 3.26. The largest absolute Gasteiger partial charge is 0.374 e. The van der Waals surface area contributed by atoms with E-state index in [1.807, 2.05) is 34.6 Å². The smallest absolute Gasteiger partial charge is 0.280 e. The van der Waals surface area contributed by atoms with Crippen LogP contribution in [0, 0.1) is 0 Å². The van der Waals surface area contributed by atoms with E-state index in [-0.39, 0.29) is 35.4 Å². The van der Waals surface area contributed by atoms with Gasteiger partial charge in [-0.1, -0.05) is 0 Å². The molecule has 2 aromatic heterocycles. The van der Waals surface area contributed by atoms with E-state index >= 15 is 0 Å². The van der Waals surface area contributed by atoms with E-state index in [1.165, 1.54) is 6.33 Å². The minimum Gasteiger partial charge on any atom is -0.374 e. The van der Waals surface area contributed by atoms with Gasteiger partial charge in [0.2, 0.25) is 5.95 Å². The van der Waals surface area contributed by atoms with E-state index in [0.717, 1.165) is 0 Å². The zero-order chi connectivity index (χ0) is 20.6. The number of ether oxygens (including phenoxy) is 4. The lowest BCUT2D eigenvalue weighted by atomic mass is 10.1. The minimum atomic E-state index is -0.596. The number of hydrogen-bond donors (Lipinski definition) is 2. The molecule has 10 nitrogen and oxygen atoms in total. The van der Waals surface area contributed by atoms with Crippen LogP contribution in [0.4, 0.5) is 5.95 Å². The van der Waals surface area contributed by atoms with Crippen molar-refractivity contribution in [2.45, 2.75) is 70.9 Å². The number of hydrogen-bond acceptors (Lipinski definition) is 8. The number of aromatic amines is 1. The number of rotatable bonds is 6. The van der Waals surface area contributed by atoms with E-state index < -0.39 is 17.9 Å². The Balaban J connectivity index is 1.97. The molecule has 10 heteroatoms. The van der Waals surface area contributed by atoms with Crippen molar-refractivity contribution >= 4 is 17.1 Å². The van der Waals surface area contributed by atoms with E-state index in [1.54, 1.807) is 11.7 Å². The fraction of sp³-hybridized carbons (Fsp3) is 0.722. The highest BCUT2D eigenvalue weighted by Gasteiger charge is 2.48. The standard InChI is InChI=1S/C18H29N5O5/c1-9(2)27-12-10(7-26-18(3,4)5)28-16(13(12)25-6)23-8-20-11-14(23)21-17(19)22-15(11)24/h8-10,12-13,16H,7H2,1-6H3,(H3,19,21,22,24)/t10-,12?,13+,16-/m1/s1. The van der Waals surface area contributed by atoms with Crippen LogP contribution in [0.1, 0.15) is 40.8 Å². The molecule has 0 spiro atoms. The maximum atomic E-state index is 12.1. The van der Waals surface area contributed by atoms with E-state index in [2.05, 4.69) is 15.0 Å². The monoisotopic (exact) mass is 395 g/mol. The zero-order valence-electron chi connectivity index (χ0n) is 17.1. The van der Waals surface area contributed by atoms with Gasteiger partial charge in [0.1, 0.15) is 18.3 Å². The summed E-state index contributed by atoms with van der Waals surface area (Å²) in [5.74, 6) is 0.00816. The van der Waals surface area contributed by atoms with Crippen molar-refractivity contribution in [3.05, 3.63) is 16.7 Å². The van der Waals surface area contributed by atoms with Crippen molar-refractivity contribution < 1.29 is 18.9 Å². The van der Waals surface area contributed by atoms with Crippen molar-refractivity contribution in [1.82, 2.24) is 19.5 Å². The number of nitrogen functional groups attached to an aromatic ring is 1. The van der Waals surface area contributed by atoms with Crippen LogP contribution in [-0.2, 0) is 18.9 Å². The number of nitrogens with zero attached hydrogens (tertiary/aromatic N) is 3. The summed E-state index contributed by atoms with van der Waals surface area (Å²) in [6.45, 7) is 10.2. The first-order chi connectivity index (χ1) is 13.1. The molecule has 1 saturated heterocycles. The van der Waals surface area contributed by atoms with Gasteiger partial charge < -0.3 is 24.7 Å². The Morgan fingerprint density at radius 3 is 2.68 bits per heavy atom. The Morgan fingerprint density at radius 1 is 1.36 bits per heavy atom. The molecule has 0 amide bonds. The summed E-state index contributed by atoms with van der Waals surface area (Å²) in [5.41, 5.74) is 5.49. The Kier molecular flexibility index (Phi) is 5.76. The van der Waals surface area contributed by atoms with Crippen LogP contribution < -0.4 is 11.3 Å². The number of fused-ring (bicyclic) bond motifs is 1. The molecule has 1 aliphatic heterocycles. The lowest BCUT2D eigenvalue weighted by Gasteiger charge is -2.27. The molecule has 1 fully saturated rings. The molecule has 3 rings (SSSR count). The molecule has 2 aromatic rings. The molecular weight excluding hydrogens is 366 g/mol. The Labute approximate surface area is 163 Å². The predicted molar refractivity (Wildman–Crippen MR) is 103 cm³/mol. The number of nitrogens with two attached hydrogens (primary N) is 1. The first-order valence-electron chi connectivity index (χ1n) is 9.30. The molecule has 3 N–H and O–H groups in total. The van der Waals surface area contributed by atoms with E-state index in [0.29, 0.717) is 12.3 Å². The maximum Gasteiger partial charge on any atom is 0.280 e. The summed E-state index contributed by atoms with van der Waals surface area (Å²) in [6, 6.07) is 0. The number of anilines is 1. The van der Waals surface area contributed by atoms with Gasteiger partial charge in [0.15, 0.2) is 17.4 Å². The van der Waals surface area contributed by atoms with Gasteiger partial charge in [0.25, 0.3) is 5.56 Å². The molecule has 1 unspecified atom stereocenters. The van der Waals surface area contributed by atoms with Gasteiger partial charge in [-0.2, -0.15) is 4.98 Å². The predicted octanol–water partition coefficient (Wildman–Crippen LogP) is 1.22. The number of imidazole rings is 1. The summed E-state index contributed by atoms with van der Waals surface area (Å²) >= 11 is 0. The summed E-state index contributed by atoms with van der Waals surface area (Å²) in [5, 5.41) is 0. The Morgan fingerprint density at radius 2 is 2.07 bits per heavy atom. The highest BCUT2D eigenvalue weighted by atomic mass is 16.6. The van der Waals surface area contributed by atoms with Crippen molar-refractivity contribution in [3.63, 3.8) is 0 Å². The van der Waals surface area contributed by atoms with Crippen molar-refractivity contribution in [1.29, 1.82) is 0 Å². The van der Waals surface area contributed by atoms with E-state index in [4.69, 9.17) is 24.7 Å². The van der Waals surface area contributed by atoms with Crippen molar-refractivity contribution in [2.24, 2.45) is 0 Å². The van der Waals surface area contributed by atoms with Crippen LogP contribution in [-0.4, -0.2) is 63.3 Å². The molecule has 28 heavy (non-hydrogen) atoms. The van der Waals surface area contributed by atoms with Crippen LogP contribution in [0.5, 0.6) is 0 Å². The average Bonchev–Trinajstić information content (AvgIpc) is 3.13. The quantitative estimate of drug-likeness (QED) is 0.748. The second-order valence-corrected chi connectivity index (χ2v) is 8.11. The topological polar surface area (TPSA) is 127 Å². The number of nitrogens with one attached hydrogen (secondary N) is 1. The van der Waals surface area contributed by atoms with Gasteiger partial charge in [-0.05, 0) is 34.6 Å². The van der Waals surface area contributed by atoms with Gasteiger partial charge in [-0.15, -0.1) is 0 Å². The summed E-state index contributed by atoms with van der Waals surface area (Å²) in [7, 11) is 1.60. The number of H-pyrrole nitrogens is 1. The minimum absolute atomic E-state index is 0.00816. The molecule has 0 aromatic carbocycles. The summed E-state index contributed by atoms with van der Waals surface area (Å²) in [6.07, 6.45) is -0.305. The maximum absolute atomic E-state index is 12.1. The molecule has 0 bridgehead atoms. The molecule has 1 aliphatic rings. The first-order valence-corrected chi connectivity index (χ1v) is 9.30. The van der Waals surface area contributed by atoms with Crippen molar-refractivity contribution in [2.75, 3.05) is 19.5 Å². The third-order valence-corrected chi connectivity index (χ3v) is 4.39. The normalized spacial score (nSPS) is 25.8. The molecule has 4 atom stereocenters. The molecule has 0 aliphatic carbocycles. The molecule has 0 radical (unpaired) electrons. The van der Waals surface area contributed by atoms with Crippen LogP contribution in [0.15, 0.2) is 11.1 Å². The van der Waals surface area contributed by atoms with Gasteiger partial charge in [-0.25, -0.2) is 4.98 Å². The molecular formula is C18H29N5O5. The average molecular weight is 395 g/mol. The van der Waals surface area contributed by atoms with E-state index in [9.17, 15) is 4.79 Å². The number of aromatic nitrogens is 4. The molecule has 3 heterocycles. The zero-order valence-corrected chi connectivity index (χ0v) is 17.1. The van der Waals surface area contributed by atoms with Gasteiger partial charge in [0.05, 0.1) is 24.6 Å². The third-order valence-electron chi connectivity index (χ3n) is 4.39. The second kappa shape index (κ2) is 7.78. The van der Waals surface area contributed by atoms with Gasteiger partial charge in [-0.3, -0.25) is 14.3 Å². The van der Waals surface area contributed by atoms with Crippen LogP contribution in [0.25, 0.3) is 11.2 Å².